The molecule has 2 aromatic heterocycles. The van der Waals surface area contributed by atoms with E-state index in [0.29, 0.717) is 54.5 Å². The minimum absolute atomic E-state index is 0.101. The molecular weight excluding hydrogens is 481 g/mol. The Morgan fingerprint density at radius 2 is 1.92 bits per heavy atom. The van der Waals surface area contributed by atoms with E-state index in [4.69, 9.17) is 24.1 Å². The summed E-state index contributed by atoms with van der Waals surface area (Å²) in [5.41, 5.74) is 0.788. The van der Waals surface area contributed by atoms with Gasteiger partial charge in [0, 0.05) is 11.6 Å². The normalized spacial score (nSPS) is 34.0. The number of hydrogen-bond acceptors (Lipinski definition) is 7. The van der Waals surface area contributed by atoms with Gasteiger partial charge in [-0.25, -0.2) is 14.2 Å². The second kappa shape index (κ2) is 9.03. The molecule has 0 radical (unpaired) electrons. The number of halogens is 1. The number of hydrogen-bond donors (Lipinski definition) is 2. The lowest BCUT2D eigenvalue weighted by atomic mass is 9.69. The van der Waals surface area contributed by atoms with Crippen LogP contribution in [0.1, 0.15) is 64.4 Å². The van der Waals surface area contributed by atoms with Crippen LogP contribution < -0.4 is 10.1 Å². The van der Waals surface area contributed by atoms with Crippen molar-refractivity contribution in [3.8, 4) is 5.88 Å². The summed E-state index contributed by atoms with van der Waals surface area (Å²) in [5, 5.41) is 11.8. The Kier molecular flexibility index (Phi) is 6.04. The number of nitrogens with one attached hydrogen (secondary N) is 1. The fourth-order valence-electron chi connectivity index (χ4n) is 6.62. The zero-order valence-electron chi connectivity index (χ0n) is 21.3. The first-order valence-electron chi connectivity index (χ1n) is 13.2. The van der Waals surface area contributed by atoms with Crippen LogP contribution in [0.2, 0.25) is 0 Å². The van der Waals surface area contributed by atoms with Crippen LogP contribution in [-0.4, -0.2) is 63.5 Å². The topological polar surface area (TPSA) is 112 Å². The molecule has 2 aromatic rings. The summed E-state index contributed by atoms with van der Waals surface area (Å²) in [6, 6.07) is 3.60. The van der Waals surface area contributed by atoms with Gasteiger partial charge in [-0.05, 0) is 77.2 Å². The average molecular weight is 516 g/mol. The summed E-state index contributed by atoms with van der Waals surface area (Å²) in [5.74, 6) is -0.144. The number of carboxylic acid groups (broad SMARTS) is 1. The van der Waals surface area contributed by atoms with Crippen molar-refractivity contribution < 1.29 is 33.2 Å². The first kappa shape index (κ1) is 24.8. The van der Waals surface area contributed by atoms with Gasteiger partial charge >= 0.3 is 6.09 Å². The third kappa shape index (κ3) is 4.86. The number of aromatic nitrogens is 2. The molecule has 200 valence electrons. The lowest BCUT2D eigenvalue weighted by Crippen LogP contribution is -2.62. The molecule has 2 bridgehead atoms. The van der Waals surface area contributed by atoms with Crippen molar-refractivity contribution in [3.05, 3.63) is 29.7 Å². The van der Waals surface area contributed by atoms with E-state index in [0.717, 1.165) is 38.5 Å². The van der Waals surface area contributed by atoms with Crippen LogP contribution in [0.25, 0.3) is 11.0 Å². The van der Waals surface area contributed by atoms with Crippen molar-refractivity contribution in [2.75, 3.05) is 13.2 Å². The first-order chi connectivity index (χ1) is 17.6. The maximum atomic E-state index is 15.0. The predicted molar refractivity (Wildman–Crippen MR) is 131 cm³/mol. The molecule has 3 atom stereocenters. The first-order valence-corrected chi connectivity index (χ1v) is 13.2. The summed E-state index contributed by atoms with van der Waals surface area (Å²) in [6.07, 6.45) is 6.24. The van der Waals surface area contributed by atoms with Gasteiger partial charge in [0.25, 0.3) is 0 Å². The molecule has 5 fully saturated rings. The minimum Gasteiger partial charge on any atom is -0.477 e. The summed E-state index contributed by atoms with van der Waals surface area (Å²) < 4.78 is 39.2. The molecule has 0 unspecified atom stereocenters. The van der Waals surface area contributed by atoms with Crippen LogP contribution in [-0.2, 0) is 20.6 Å². The smallest absolute Gasteiger partial charge is 0.405 e. The molecule has 2 saturated carbocycles. The maximum absolute atomic E-state index is 15.0. The highest BCUT2D eigenvalue weighted by Crippen LogP contribution is 2.46. The molecule has 10 heteroatoms. The monoisotopic (exact) mass is 515 g/mol. The van der Waals surface area contributed by atoms with Crippen molar-refractivity contribution in [1.82, 2.24) is 15.3 Å². The lowest BCUT2D eigenvalue weighted by molar-refractivity contribution is -0.162. The number of aryl methyl sites for hydroxylation is 1. The Bertz CT molecular complexity index is 1170. The van der Waals surface area contributed by atoms with Crippen molar-refractivity contribution in [3.63, 3.8) is 0 Å². The maximum Gasteiger partial charge on any atom is 0.405 e. The summed E-state index contributed by atoms with van der Waals surface area (Å²) in [7, 11) is 0. The highest BCUT2D eigenvalue weighted by Gasteiger charge is 2.50. The fourth-order valence-corrected chi connectivity index (χ4v) is 6.62. The fraction of sp³-hybridized carbons (Fsp3) is 0.667. The quantitative estimate of drug-likeness (QED) is 0.560. The van der Waals surface area contributed by atoms with Crippen LogP contribution >= 0.6 is 0 Å². The van der Waals surface area contributed by atoms with E-state index in [2.05, 4.69) is 15.3 Å². The number of amides is 1. The number of pyridine rings is 2. The second-order valence-corrected chi connectivity index (χ2v) is 11.6. The number of carbonyl (C=O) groups is 1. The molecule has 5 heterocycles. The number of ether oxygens (including phenoxy) is 4. The van der Waals surface area contributed by atoms with Gasteiger partial charge in [0.15, 0.2) is 5.79 Å². The zero-order chi connectivity index (χ0) is 25.8. The Labute approximate surface area is 215 Å². The van der Waals surface area contributed by atoms with Gasteiger partial charge in [-0.15, -0.1) is 0 Å². The van der Waals surface area contributed by atoms with Gasteiger partial charge in [0.2, 0.25) is 5.88 Å². The summed E-state index contributed by atoms with van der Waals surface area (Å²) >= 11 is 0. The number of nitrogens with zero attached hydrogens (tertiary/aromatic N) is 2. The Balaban J connectivity index is 1.12. The van der Waals surface area contributed by atoms with Crippen LogP contribution in [0.3, 0.4) is 0 Å². The molecule has 9 nitrogen and oxygen atoms in total. The predicted octanol–water partition coefficient (Wildman–Crippen LogP) is 4.36. The molecule has 1 amide bonds. The summed E-state index contributed by atoms with van der Waals surface area (Å²) in [6.45, 7) is 4.74. The highest BCUT2D eigenvalue weighted by molar-refractivity contribution is 5.78. The molecule has 0 aromatic carbocycles. The SMILES string of the molecule is CC1(C)O[C@H]2C[C@H](COc3ccc4ncc(F)c(CCC56CCC(NC(=O)O)(CC5)CO6)c4n3)C[C@H]2O1. The third-order valence-corrected chi connectivity index (χ3v) is 8.60. The zero-order valence-corrected chi connectivity index (χ0v) is 21.3. The number of fused-ring (bicyclic) bond motifs is 5. The van der Waals surface area contributed by atoms with Gasteiger partial charge < -0.3 is 29.4 Å². The van der Waals surface area contributed by atoms with E-state index in [-0.39, 0.29) is 23.6 Å². The van der Waals surface area contributed by atoms with Crippen molar-refractivity contribution >= 4 is 17.1 Å². The molecule has 7 rings (SSSR count). The molecule has 2 aliphatic carbocycles. The van der Waals surface area contributed by atoms with Crippen LogP contribution in [0.15, 0.2) is 18.3 Å². The standard InChI is InChI=1S/C27H34FN3O6/c1-25(2)36-20-11-16(12-21(20)37-25)14-34-22-4-3-19-23(30-22)17(18(28)13-29-19)5-6-27-9-7-26(8-10-27,15-35-27)31-24(32)33/h3-4,13,16,20-21,31H,5-12,14-15H2,1-2H3,(H,32,33)/t16-,20-,21+,26?,27?. The molecular formula is C27H34FN3O6. The van der Waals surface area contributed by atoms with Crippen molar-refractivity contribution in [2.24, 2.45) is 5.92 Å². The van der Waals surface area contributed by atoms with E-state index < -0.39 is 17.4 Å². The van der Waals surface area contributed by atoms with Gasteiger partial charge in [-0.3, -0.25) is 4.98 Å². The Morgan fingerprint density at radius 1 is 1.19 bits per heavy atom. The van der Waals surface area contributed by atoms with E-state index in [1.165, 1.54) is 6.20 Å². The molecule has 5 aliphatic rings. The molecule has 0 spiro atoms. The van der Waals surface area contributed by atoms with Crippen molar-refractivity contribution in [2.45, 2.75) is 94.3 Å². The van der Waals surface area contributed by atoms with E-state index >= 15 is 0 Å². The van der Waals surface area contributed by atoms with Crippen LogP contribution in [0.5, 0.6) is 5.88 Å². The van der Waals surface area contributed by atoms with Crippen LogP contribution in [0, 0.1) is 11.7 Å². The highest BCUT2D eigenvalue weighted by atomic mass is 19.1. The molecule has 3 saturated heterocycles. The van der Waals surface area contributed by atoms with Gasteiger partial charge in [-0.1, -0.05) is 0 Å². The third-order valence-electron chi connectivity index (χ3n) is 8.60. The lowest BCUT2D eigenvalue weighted by Gasteiger charge is -2.53. The molecule has 2 N–H and O–H groups in total. The van der Waals surface area contributed by atoms with E-state index in [1.54, 1.807) is 6.07 Å². The van der Waals surface area contributed by atoms with Gasteiger partial charge in [0.05, 0.1) is 53.8 Å². The Hall–Kier alpha value is -2.56. The van der Waals surface area contributed by atoms with Crippen molar-refractivity contribution in [1.29, 1.82) is 0 Å². The largest absolute Gasteiger partial charge is 0.477 e. The average Bonchev–Trinajstić information content (AvgIpc) is 3.35. The van der Waals surface area contributed by atoms with E-state index in [1.807, 2.05) is 19.9 Å². The Morgan fingerprint density at radius 3 is 2.57 bits per heavy atom. The van der Waals surface area contributed by atoms with Crippen LogP contribution in [0.4, 0.5) is 9.18 Å². The molecule has 3 aliphatic heterocycles. The number of rotatable bonds is 7. The van der Waals surface area contributed by atoms with Gasteiger partial charge in [0.1, 0.15) is 5.82 Å². The molecule has 37 heavy (non-hydrogen) atoms. The summed E-state index contributed by atoms with van der Waals surface area (Å²) in [4.78, 5) is 20.1. The van der Waals surface area contributed by atoms with E-state index in [9.17, 15) is 9.18 Å². The second-order valence-electron chi connectivity index (χ2n) is 11.6. The van der Waals surface area contributed by atoms with Gasteiger partial charge in [-0.2, -0.15) is 0 Å². The minimum atomic E-state index is -1.02.